The first-order valence-electron chi connectivity index (χ1n) is 20.8. The van der Waals surface area contributed by atoms with Crippen molar-refractivity contribution in [3.8, 4) is 77.9 Å². The van der Waals surface area contributed by atoms with E-state index in [2.05, 4.69) is 243 Å². The van der Waals surface area contributed by atoms with Gasteiger partial charge in [-0.05, 0) is 128 Å². The first-order chi connectivity index (χ1) is 29.8. The molecule has 0 heterocycles. The van der Waals surface area contributed by atoms with Crippen LogP contribution >= 0.6 is 0 Å². The van der Waals surface area contributed by atoms with Crippen molar-refractivity contribution in [3.05, 3.63) is 243 Å². The molecule has 0 heteroatoms. The van der Waals surface area contributed by atoms with Gasteiger partial charge in [-0.25, -0.2) is 0 Å². The molecule has 0 N–H and O–H groups in total. The third-order valence-electron chi connectivity index (χ3n) is 12.1. The summed E-state index contributed by atoms with van der Waals surface area (Å²) in [4.78, 5) is 0. The van der Waals surface area contributed by atoms with Crippen LogP contribution in [0.1, 0.15) is 0 Å². The fourth-order valence-corrected chi connectivity index (χ4v) is 9.32. The number of benzene rings is 11. The van der Waals surface area contributed by atoms with Crippen LogP contribution < -0.4 is 0 Å². The molecule has 0 unspecified atom stereocenters. The molecule has 60 heavy (non-hydrogen) atoms. The third-order valence-corrected chi connectivity index (χ3v) is 12.1. The summed E-state index contributed by atoms with van der Waals surface area (Å²) in [6.07, 6.45) is 0. The minimum Gasteiger partial charge on any atom is -0.0622 e. The predicted octanol–water partition coefficient (Wildman–Crippen LogP) is 16.8. The van der Waals surface area contributed by atoms with Crippen molar-refractivity contribution in [1.29, 1.82) is 0 Å². The molecule has 0 saturated heterocycles. The average molecular weight is 761 g/mol. The summed E-state index contributed by atoms with van der Waals surface area (Å²) < 4.78 is 0. The topological polar surface area (TPSA) is 0 Å². The Kier molecular flexibility index (Phi) is 8.95. The Morgan fingerprint density at radius 1 is 0.167 bits per heavy atom. The van der Waals surface area contributed by atoms with Gasteiger partial charge in [0.05, 0.1) is 0 Å². The molecule has 0 amide bonds. The Morgan fingerprint density at radius 2 is 0.567 bits per heavy atom. The van der Waals surface area contributed by atoms with Gasteiger partial charge in [0.15, 0.2) is 0 Å². The van der Waals surface area contributed by atoms with Crippen molar-refractivity contribution in [1.82, 2.24) is 0 Å². The van der Waals surface area contributed by atoms with Crippen LogP contribution in [0.15, 0.2) is 243 Å². The maximum Gasteiger partial charge on any atom is -0.00261 e. The van der Waals surface area contributed by atoms with Crippen LogP contribution in [-0.2, 0) is 0 Å². The summed E-state index contributed by atoms with van der Waals surface area (Å²) in [7, 11) is 0. The van der Waals surface area contributed by atoms with Crippen molar-refractivity contribution < 1.29 is 0 Å². The molecule has 0 aliphatic heterocycles. The van der Waals surface area contributed by atoms with Crippen molar-refractivity contribution in [3.63, 3.8) is 0 Å². The summed E-state index contributed by atoms with van der Waals surface area (Å²) in [6, 6.07) is 88.8. The summed E-state index contributed by atoms with van der Waals surface area (Å²) in [5.74, 6) is 0. The van der Waals surface area contributed by atoms with Crippen LogP contribution in [0.4, 0.5) is 0 Å². The van der Waals surface area contributed by atoms with Crippen molar-refractivity contribution >= 4 is 32.3 Å². The Bertz CT molecular complexity index is 3280. The Balaban J connectivity index is 1.18. The quantitative estimate of drug-likeness (QED) is 0.142. The van der Waals surface area contributed by atoms with E-state index in [9.17, 15) is 0 Å². The normalized spacial score (nSPS) is 11.3. The van der Waals surface area contributed by atoms with E-state index in [1.807, 2.05) is 0 Å². The molecular formula is C60H40. The first kappa shape index (κ1) is 35.4. The van der Waals surface area contributed by atoms with Gasteiger partial charge < -0.3 is 0 Å². The molecule has 0 saturated carbocycles. The molecule has 0 nitrogen and oxygen atoms in total. The lowest BCUT2D eigenvalue weighted by Gasteiger charge is -2.20. The lowest BCUT2D eigenvalue weighted by molar-refractivity contribution is 1.56. The average Bonchev–Trinajstić information content (AvgIpc) is 3.33. The molecule has 0 aromatic heterocycles. The van der Waals surface area contributed by atoms with Crippen LogP contribution in [0.5, 0.6) is 0 Å². The lowest BCUT2D eigenvalue weighted by atomic mass is 9.83. The molecule has 0 spiro atoms. The van der Waals surface area contributed by atoms with E-state index in [1.165, 1.54) is 110 Å². The maximum atomic E-state index is 2.46. The van der Waals surface area contributed by atoms with Crippen LogP contribution in [-0.4, -0.2) is 0 Å². The minimum absolute atomic E-state index is 1.19. The second-order valence-electron chi connectivity index (χ2n) is 15.6. The Labute approximate surface area is 351 Å². The molecule has 0 fully saturated rings. The highest BCUT2D eigenvalue weighted by Gasteiger charge is 2.20. The highest BCUT2D eigenvalue weighted by molar-refractivity contribution is 6.22. The summed E-state index contributed by atoms with van der Waals surface area (Å²) in [5.41, 5.74) is 17.0. The maximum absolute atomic E-state index is 2.46. The second kappa shape index (κ2) is 15.2. The zero-order chi connectivity index (χ0) is 39.8. The van der Waals surface area contributed by atoms with Crippen molar-refractivity contribution in [2.45, 2.75) is 0 Å². The largest absolute Gasteiger partial charge is 0.0622 e. The summed E-state index contributed by atoms with van der Waals surface area (Å²) in [5, 5.41) is 7.45. The summed E-state index contributed by atoms with van der Waals surface area (Å²) in [6.45, 7) is 0. The number of hydrogen-bond donors (Lipinski definition) is 0. The van der Waals surface area contributed by atoms with E-state index in [0.717, 1.165) is 0 Å². The van der Waals surface area contributed by atoms with Gasteiger partial charge in [0.1, 0.15) is 0 Å². The molecule has 11 aromatic carbocycles. The van der Waals surface area contributed by atoms with Crippen LogP contribution in [0, 0.1) is 0 Å². The highest BCUT2D eigenvalue weighted by atomic mass is 14.2. The van der Waals surface area contributed by atoms with Gasteiger partial charge in [0.2, 0.25) is 0 Å². The van der Waals surface area contributed by atoms with Gasteiger partial charge in [0.25, 0.3) is 0 Å². The molecule has 11 rings (SSSR count). The third kappa shape index (κ3) is 6.27. The second-order valence-corrected chi connectivity index (χ2v) is 15.6. The SMILES string of the molecule is c1ccc(-c2cccc(-c3cccc(-c4c(-c5ccccc5-c5ccccc5)ccc5ccc(-c6c7ccccc7c(-c7ccccc7)c7ccccc67)cc45)c3)c2)cc1. The molecular weight excluding hydrogens is 721 g/mol. The number of fused-ring (bicyclic) bond motifs is 3. The number of rotatable bonds is 7. The van der Waals surface area contributed by atoms with E-state index in [1.54, 1.807) is 0 Å². The molecule has 0 atom stereocenters. The molecule has 11 aromatic rings. The van der Waals surface area contributed by atoms with E-state index in [0.29, 0.717) is 0 Å². The minimum atomic E-state index is 1.19. The smallest absolute Gasteiger partial charge is 0.00261 e. The monoisotopic (exact) mass is 760 g/mol. The zero-order valence-electron chi connectivity index (χ0n) is 33.1. The molecule has 0 aliphatic carbocycles. The van der Waals surface area contributed by atoms with E-state index >= 15 is 0 Å². The van der Waals surface area contributed by atoms with Gasteiger partial charge in [-0.3, -0.25) is 0 Å². The Morgan fingerprint density at radius 3 is 1.17 bits per heavy atom. The zero-order valence-corrected chi connectivity index (χ0v) is 33.1. The van der Waals surface area contributed by atoms with Crippen molar-refractivity contribution in [2.24, 2.45) is 0 Å². The Hall–Kier alpha value is -7.80. The van der Waals surface area contributed by atoms with E-state index < -0.39 is 0 Å². The molecule has 0 bridgehead atoms. The standard InChI is InChI=1S/C60H40/c1-4-18-41(19-5-1)45-24-16-25-46(38-45)47-26-17-27-48(39-47)60-56(51-29-11-10-28-50(51)42-20-6-2-7-21-42)37-36-43-34-35-49(40-57(43)60)59-54-32-14-12-30-52(54)58(44-22-8-3-9-23-44)53-31-13-15-33-55(53)59/h1-40H. The molecule has 0 radical (unpaired) electrons. The van der Waals surface area contributed by atoms with Gasteiger partial charge in [0, 0.05) is 0 Å². The predicted molar refractivity (Wildman–Crippen MR) is 257 cm³/mol. The van der Waals surface area contributed by atoms with Crippen LogP contribution in [0.3, 0.4) is 0 Å². The molecule has 280 valence electrons. The van der Waals surface area contributed by atoms with E-state index in [-0.39, 0.29) is 0 Å². The highest BCUT2D eigenvalue weighted by Crippen LogP contribution is 2.47. The van der Waals surface area contributed by atoms with Crippen LogP contribution in [0.2, 0.25) is 0 Å². The molecule has 0 aliphatic rings. The van der Waals surface area contributed by atoms with Gasteiger partial charge >= 0.3 is 0 Å². The van der Waals surface area contributed by atoms with Crippen molar-refractivity contribution in [2.75, 3.05) is 0 Å². The van der Waals surface area contributed by atoms with Gasteiger partial charge in [-0.15, -0.1) is 0 Å². The van der Waals surface area contributed by atoms with Crippen LogP contribution in [0.25, 0.3) is 110 Å². The first-order valence-corrected chi connectivity index (χ1v) is 20.8. The van der Waals surface area contributed by atoms with Gasteiger partial charge in [-0.1, -0.05) is 224 Å². The lowest BCUT2D eigenvalue weighted by Crippen LogP contribution is -1.93. The fourth-order valence-electron chi connectivity index (χ4n) is 9.32. The number of hydrogen-bond acceptors (Lipinski definition) is 0. The van der Waals surface area contributed by atoms with Gasteiger partial charge in [-0.2, -0.15) is 0 Å². The van der Waals surface area contributed by atoms with E-state index in [4.69, 9.17) is 0 Å². The fraction of sp³-hybridized carbons (Fsp3) is 0. The summed E-state index contributed by atoms with van der Waals surface area (Å²) >= 11 is 0.